The first-order chi connectivity index (χ1) is 5.79. The zero-order valence-corrected chi connectivity index (χ0v) is 7.54. The van der Waals surface area contributed by atoms with Crippen LogP contribution >= 0.6 is 0 Å². The van der Waals surface area contributed by atoms with Gasteiger partial charge in [0.25, 0.3) is 0 Å². The van der Waals surface area contributed by atoms with Crippen LogP contribution < -0.4 is 10.2 Å². The molecule has 2 heteroatoms. The van der Waals surface area contributed by atoms with Crippen LogP contribution in [0.15, 0.2) is 37.0 Å². The second kappa shape index (κ2) is 3.81. The molecule has 1 aromatic carbocycles. The third-order valence-electron chi connectivity index (χ3n) is 1.83. The molecule has 0 unspecified atom stereocenters. The number of benzene rings is 1. The molecule has 0 aromatic heterocycles. The fourth-order valence-corrected chi connectivity index (χ4v) is 1.09. The smallest absolute Gasteiger partial charge is 0.0638 e. The summed E-state index contributed by atoms with van der Waals surface area (Å²) in [6, 6.07) is 8.10. The Labute approximate surface area is 73.5 Å². The molecule has 0 aliphatic rings. The molecule has 0 fully saturated rings. The molecule has 64 valence electrons. The maximum Gasteiger partial charge on any atom is 0.0638 e. The fourth-order valence-electron chi connectivity index (χ4n) is 1.09. The summed E-state index contributed by atoms with van der Waals surface area (Å²) in [5.74, 6) is 0. The highest BCUT2D eigenvalue weighted by Gasteiger charge is 2.00. The number of rotatable bonds is 3. The van der Waals surface area contributed by atoms with Gasteiger partial charge >= 0.3 is 0 Å². The van der Waals surface area contributed by atoms with Crippen molar-refractivity contribution >= 4 is 11.4 Å². The van der Waals surface area contributed by atoms with Crippen LogP contribution in [0.25, 0.3) is 0 Å². The van der Waals surface area contributed by atoms with E-state index in [1.54, 1.807) is 6.20 Å². The maximum absolute atomic E-state index is 3.71. The van der Waals surface area contributed by atoms with Gasteiger partial charge in [0.1, 0.15) is 0 Å². The van der Waals surface area contributed by atoms with Crippen LogP contribution in [-0.4, -0.2) is 14.1 Å². The van der Waals surface area contributed by atoms with Crippen molar-refractivity contribution in [2.24, 2.45) is 0 Å². The summed E-state index contributed by atoms with van der Waals surface area (Å²) in [5, 5.41) is 3.12. The van der Waals surface area contributed by atoms with Crippen molar-refractivity contribution in [2.45, 2.75) is 0 Å². The number of hydrogen-bond donors (Lipinski definition) is 1. The van der Waals surface area contributed by atoms with Crippen LogP contribution in [0.3, 0.4) is 0 Å². The van der Waals surface area contributed by atoms with E-state index in [4.69, 9.17) is 0 Å². The van der Waals surface area contributed by atoms with Crippen molar-refractivity contribution in [2.75, 3.05) is 24.3 Å². The number of para-hydroxylation sites is 2. The van der Waals surface area contributed by atoms with Crippen molar-refractivity contribution in [1.29, 1.82) is 0 Å². The van der Waals surface area contributed by atoms with Gasteiger partial charge in [-0.15, -0.1) is 0 Å². The Kier molecular flexibility index (Phi) is 2.75. The molecular weight excluding hydrogens is 148 g/mol. The Balaban J connectivity index is 3.04. The number of hydrogen-bond acceptors (Lipinski definition) is 2. The monoisotopic (exact) mass is 162 g/mol. The lowest BCUT2D eigenvalue weighted by Crippen LogP contribution is -2.09. The van der Waals surface area contributed by atoms with Gasteiger partial charge in [-0.1, -0.05) is 18.7 Å². The van der Waals surface area contributed by atoms with E-state index in [1.165, 1.54) is 0 Å². The van der Waals surface area contributed by atoms with E-state index in [0.717, 1.165) is 11.4 Å². The van der Waals surface area contributed by atoms with Gasteiger partial charge in [-0.3, -0.25) is 0 Å². The minimum Gasteiger partial charge on any atom is -0.386 e. The Morgan fingerprint density at radius 1 is 1.42 bits per heavy atom. The summed E-state index contributed by atoms with van der Waals surface area (Å²) in [4.78, 5) is 1.98. The SMILES string of the molecule is C=CN(C)c1ccccc1NC. The zero-order chi connectivity index (χ0) is 8.97. The van der Waals surface area contributed by atoms with Gasteiger partial charge in [0.15, 0.2) is 0 Å². The van der Waals surface area contributed by atoms with Gasteiger partial charge in [0, 0.05) is 14.1 Å². The molecule has 0 aliphatic heterocycles. The normalized spacial score (nSPS) is 9.17. The first kappa shape index (κ1) is 8.65. The first-order valence-corrected chi connectivity index (χ1v) is 3.91. The summed E-state index contributed by atoms with van der Waals surface area (Å²) in [6.07, 6.45) is 1.79. The van der Waals surface area contributed by atoms with E-state index in [2.05, 4.69) is 11.9 Å². The molecule has 1 N–H and O–H groups in total. The highest BCUT2D eigenvalue weighted by Crippen LogP contribution is 2.23. The number of nitrogens with zero attached hydrogens (tertiary/aromatic N) is 1. The Bertz CT molecular complexity index is 268. The largest absolute Gasteiger partial charge is 0.386 e. The highest BCUT2D eigenvalue weighted by molar-refractivity contribution is 5.70. The average molecular weight is 162 g/mol. The molecule has 0 radical (unpaired) electrons. The van der Waals surface area contributed by atoms with Gasteiger partial charge in [0.05, 0.1) is 11.4 Å². The van der Waals surface area contributed by atoms with Gasteiger partial charge in [0.2, 0.25) is 0 Å². The van der Waals surface area contributed by atoms with Crippen molar-refractivity contribution in [1.82, 2.24) is 0 Å². The van der Waals surface area contributed by atoms with Crippen molar-refractivity contribution in [3.05, 3.63) is 37.0 Å². The molecule has 0 saturated carbocycles. The van der Waals surface area contributed by atoms with Crippen LogP contribution in [0.4, 0.5) is 11.4 Å². The standard InChI is InChI=1S/C10H14N2/c1-4-12(3)10-8-6-5-7-9(10)11-2/h4-8,11H,1H2,2-3H3. The van der Waals surface area contributed by atoms with Crippen LogP contribution in [-0.2, 0) is 0 Å². The zero-order valence-electron chi connectivity index (χ0n) is 7.54. The van der Waals surface area contributed by atoms with E-state index in [-0.39, 0.29) is 0 Å². The Morgan fingerprint density at radius 3 is 2.67 bits per heavy atom. The molecule has 12 heavy (non-hydrogen) atoms. The number of anilines is 2. The lowest BCUT2D eigenvalue weighted by atomic mass is 10.2. The highest BCUT2D eigenvalue weighted by atomic mass is 15.1. The summed E-state index contributed by atoms with van der Waals surface area (Å²) >= 11 is 0. The molecule has 0 saturated heterocycles. The van der Waals surface area contributed by atoms with Crippen molar-refractivity contribution in [3.63, 3.8) is 0 Å². The Morgan fingerprint density at radius 2 is 2.08 bits per heavy atom. The summed E-state index contributed by atoms with van der Waals surface area (Å²) in [5.41, 5.74) is 2.25. The summed E-state index contributed by atoms with van der Waals surface area (Å²) in [6.45, 7) is 3.71. The quantitative estimate of drug-likeness (QED) is 0.733. The third-order valence-corrected chi connectivity index (χ3v) is 1.83. The van der Waals surface area contributed by atoms with Gasteiger partial charge < -0.3 is 10.2 Å². The molecule has 0 aliphatic carbocycles. The van der Waals surface area contributed by atoms with E-state index in [9.17, 15) is 0 Å². The molecule has 0 bridgehead atoms. The predicted octanol–water partition coefficient (Wildman–Crippen LogP) is 2.31. The van der Waals surface area contributed by atoms with Crippen LogP contribution in [0.1, 0.15) is 0 Å². The number of nitrogens with one attached hydrogen (secondary N) is 1. The van der Waals surface area contributed by atoms with Crippen LogP contribution in [0.2, 0.25) is 0 Å². The first-order valence-electron chi connectivity index (χ1n) is 3.91. The second-order valence-electron chi connectivity index (χ2n) is 2.56. The van der Waals surface area contributed by atoms with Gasteiger partial charge in [-0.2, -0.15) is 0 Å². The third kappa shape index (κ3) is 1.59. The average Bonchev–Trinajstić information content (AvgIpc) is 2.16. The predicted molar refractivity (Wildman–Crippen MR) is 54.6 cm³/mol. The minimum absolute atomic E-state index is 1.11. The summed E-state index contributed by atoms with van der Waals surface area (Å²) in [7, 11) is 3.89. The summed E-state index contributed by atoms with van der Waals surface area (Å²) < 4.78 is 0. The second-order valence-corrected chi connectivity index (χ2v) is 2.56. The van der Waals surface area contributed by atoms with Crippen LogP contribution in [0, 0.1) is 0 Å². The van der Waals surface area contributed by atoms with E-state index in [1.807, 2.05) is 43.3 Å². The lowest BCUT2D eigenvalue weighted by molar-refractivity contribution is 1.21. The molecule has 1 rings (SSSR count). The molecule has 1 aromatic rings. The fraction of sp³-hybridized carbons (Fsp3) is 0.200. The van der Waals surface area contributed by atoms with Gasteiger partial charge in [-0.05, 0) is 18.3 Å². The molecule has 0 atom stereocenters. The van der Waals surface area contributed by atoms with Crippen LogP contribution in [0.5, 0.6) is 0 Å². The maximum atomic E-state index is 3.71. The van der Waals surface area contributed by atoms with Gasteiger partial charge in [-0.25, -0.2) is 0 Å². The lowest BCUT2D eigenvalue weighted by Gasteiger charge is -2.17. The Hall–Kier alpha value is -1.44. The van der Waals surface area contributed by atoms with E-state index >= 15 is 0 Å². The van der Waals surface area contributed by atoms with Crippen molar-refractivity contribution < 1.29 is 0 Å². The molecular formula is C10H14N2. The van der Waals surface area contributed by atoms with E-state index in [0.29, 0.717) is 0 Å². The molecule has 0 spiro atoms. The van der Waals surface area contributed by atoms with Crippen molar-refractivity contribution in [3.8, 4) is 0 Å². The molecule has 0 amide bonds. The molecule has 0 heterocycles. The molecule has 2 nitrogen and oxygen atoms in total. The van der Waals surface area contributed by atoms with E-state index < -0.39 is 0 Å². The topological polar surface area (TPSA) is 15.3 Å². The minimum atomic E-state index is 1.11.